The average Bonchev–Trinajstić information content (AvgIpc) is 2.62. The molecule has 0 atom stereocenters. The zero-order valence-corrected chi connectivity index (χ0v) is 10.8. The molecule has 9 nitrogen and oxygen atoms in total. The van der Waals surface area contributed by atoms with Gasteiger partial charge in [0.1, 0.15) is 6.54 Å². The summed E-state index contributed by atoms with van der Waals surface area (Å²) < 4.78 is 26.6. The van der Waals surface area contributed by atoms with Crippen LogP contribution in [-0.2, 0) is 26.2 Å². The molecule has 106 valence electrons. The monoisotopic (exact) mass is 290 g/mol. The zero-order valence-electron chi connectivity index (χ0n) is 9.94. The van der Waals surface area contributed by atoms with Gasteiger partial charge in [-0.15, -0.1) is 0 Å². The van der Waals surface area contributed by atoms with Crippen molar-refractivity contribution in [3.63, 3.8) is 0 Å². The minimum atomic E-state index is -3.63. The molecule has 0 aliphatic rings. The predicted octanol–water partition coefficient (Wildman–Crippen LogP) is -1.03. The van der Waals surface area contributed by atoms with E-state index in [4.69, 9.17) is 10.8 Å². The molecule has 1 aromatic rings. The van der Waals surface area contributed by atoms with E-state index in [0.29, 0.717) is 0 Å². The molecule has 0 aromatic carbocycles. The van der Waals surface area contributed by atoms with Gasteiger partial charge >= 0.3 is 5.97 Å². The highest BCUT2D eigenvalue weighted by Crippen LogP contribution is 2.08. The number of carboxylic acid groups (broad SMARTS) is 1. The summed E-state index contributed by atoms with van der Waals surface area (Å²) in [6.07, 6.45) is 2.35. The largest absolute Gasteiger partial charge is 0.481 e. The lowest BCUT2D eigenvalue weighted by atomic mass is 10.3. The maximum atomic E-state index is 11.6. The van der Waals surface area contributed by atoms with Gasteiger partial charge in [0, 0.05) is 12.6 Å². The van der Waals surface area contributed by atoms with E-state index in [1.165, 1.54) is 17.1 Å². The molecule has 4 N–H and O–H groups in total. The van der Waals surface area contributed by atoms with Gasteiger partial charge in [0.05, 0.1) is 17.6 Å². The Kier molecular flexibility index (Phi) is 4.87. The van der Waals surface area contributed by atoms with Gasteiger partial charge < -0.3 is 10.8 Å². The summed E-state index contributed by atoms with van der Waals surface area (Å²) in [7, 11) is -3.63. The molecular formula is C9H14N4O5S. The second-order valence-corrected chi connectivity index (χ2v) is 5.65. The van der Waals surface area contributed by atoms with Crippen LogP contribution in [0.4, 0.5) is 5.69 Å². The summed E-state index contributed by atoms with van der Waals surface area (Å²) in [4.78, 5) is 20.9. The van der Waals surface area contributed by atoms with Gasteiger partial charge in [-0.3, -0.25) is 19.0 Å². The van der Waals surface area contributed by atoms with Crippen LogP contribution in [0.1, 0.15) is 12.8 Å². The second kappa shape index (κ2) is 6.18. The Balaban J connectivity index is 2.55. The van der Waals surface area contributed by atoms with Crippen LogP contribution in [0, 0.1) is 0 Å². The van der Waals surface area contributed by atoms with Gasteiger partial charge in [0.2, 0.25) is 15.9 Å². The third-order valence-corrected chi connectivity index (χ3v) is 3.40. The standard InChI is InChI=1S/C9H14N4O5S/c10-8(14)6-13-5-7(4-11-13)12-19(17,18)3-1-2-9(15)16/h4-5,12H,1-3,6H2,(H2,10,14)(H,15,16). The minimum absolute atomic E-state index is 0.0140. The van der Waals surface area contributed by atoms with E-state index in [9.17, 15) is 18.0 Å². The van der Waals surface area contributed by atoms with E-state index in [1.807, 2.05) is 0 Å². The van der Waals surface area contributed by atoms with Crippen LogP contribution in [-0.4, -0.2) is 40.9 Å². The number of anilines is 1. The Morgan fingerprint density at radius 2 is 2.16 bits per heavy atom. The fourth-order valence-electron chi connectivity index (χ4n) is 1.31. The first-order valence-electron chi connectivity index (χ1n) is 5.31. The first-order valence-corrected chi connectivity index (χ1v) is 6.97. The molecule has 0 spiro atoms. The molecular weight excluding hydrogens is 276 g/mol. The SMILES string of the molecule is NC(=O)Cn1cc(NS(=O)(=O)CCCC(=O)O)cn1. The lowest BCUT2D eigenvalue weighted by molar-refractivity contribution is -0.137. The van der Waals surface area contributed by atoms with Crippen molar-refractivity contribution in [3.8, 4) is 0 Å². The highest BCUT2D eigenvalue weighted by molar-refractivity contribution is 7.92. The molecule has 0 radical (unpaired) electrons. The van der Waals surface area contributed by atoms with Crippen molar-refractivity contribution in [1.29, 1.82) is 0 Å². The van der Waals surface area contributed by atoms with Crippen LogP contribution in [0.3, 0.4) is 0 Å². The second-order valence-electron chi connectivity index (χ2n) is 3.81. The number of primary amides is 1. The number of nitrogens with one attached hydrogen (secondary N) is 1. The number of carbonyl (C=O) groups excluding carboxylic acids is 1. The number of hydrogen-bond acceptors (Lipinski definition) is 5. The van der Waals surface area contributed by atoms with Gasteiger partial charge in [0.25, 0.3) is 0 Å². The van der Waals surface area contributed by atoms with Crippen molar-refractivity contribution < 1.29 is 23.1 Å². The molecule has 0 aliphatic heterocycles. The average molecular weight is 290 g/mol. The number of nitrogens with two attached hydrogens (primary N) is 1. The third kappa shape index (κ3) is 5.86. The Labute approximate surface area is 109 Å². The van der Waals surface area contributed by atoms with E-state index in [1.54, 1.807) is 0 Å². The van der Waals surface area contributed by atoms with Crippen molar-refractivity contribution in [1.82, 2.24) is 9.78 Å². The van der Waals surface area contributed by atoms with E-state index in [-0.39, 0.29) is 30.8 Å². The minimum Gasteiger partial charge on any atom is -0.481 e. The molecule has 0 unspecified atom stereocenters. The van der Waals surface area contributed by atoms with Crippen molar-refractivity contribution >= 4 is 27.6 Å². The van der Waals surface area contributed by atoms with Crippen molar-refractivity contribution in [2.45, 2.75) is 19.4 Å². The number of aromatic nitrogens is 2. The first-order chi connectivity index (χ1) is 8.78. The lowest BCUT2D eigenvalue weighted by Crippen LogP contribution is -2.19. The number of aliphatic carboxylic acids is 1. The molecule has 1 rings (SSSR count). The predicted molar refractivity (Wildman–Crippen MR) is 65.7 cm³/mol. The molecule has 1 aromatic heterocycles. The van der Waals surface area contributed by atoms with Crippen LogP contribution >= 0.6 is 0 Å². The molecule has 0 fully saturated rings. The zero-order chi connectivity index (χ0) is 14.5. The number of rotatable bonds is 8. The maximum Gasteiger partial charge on any atom is 0.303 e. The maximum absolute atomic E-state index is 11.6. The van der Waals surface area contributed by atoms with Crippen LogP contribution in [0.5, 0.6) is 0 Å². The molecule has 0 aliphatic carbocycles. The van der Waals surface area contributed by atoms with Crippen LogP contribution in [0.15, 0.2) is 12.4 Å². The molecule has 1 heterocycles. The van der Waals surface area contributed by atoms with Gasteiger partial charge in [-0.25, -0.2) is 8.42 Å². The summed E-state index contributed by atoms with van der Waals surface area (Å²) in [5.74, 6) is -1.95. The van der Waals surface area contributed by atoms with Crippen LogP contribution in [0.2, 0.25) is 0 Å². The fourth-order valence-corrected chi connectivity index (χ4v) is 2.40. The Bertz CT molecular complexity index is 565. The molecule has 0 saturated carbocycles. The van der Waals surface area contributed by atoms with E-state index in [0.717, 1.165) is 0 Å². The van der Waals surface area contributed by atoms with E-state index < -0.39 is 21.9 Å². The fraction of sp³-hybridized carbons (Fsp3) is 0.444. The number of hydrogen-bond donors (Lipinski definition) is 3. The third-order valence-electron chi connectivity index (χ3n) is 2.03. The van der Waals surface area contributed by atoms with Crippen LogP contribution in [0.25, 0.3) is 0 Å². The molecule has 0 bridgehead atoms. The van der Waals surface area contributed by atoms with Crippen molar-refractivity contribution in [3.05, 3.63) is 12.4 Å². The number of carboxylic acids is 1. The smallest absolute Gasteiger partial charge is 0.303 e. The van der Waals surface area contributed by atoms with E-state index in [2.05, 4.69) is 9.82 Å². The molecule has 19 heavy (non-hydrogen) atoms. The quantitative estimate of drug-likeness (QED) is 0.558. The molecule has 1 amide bonds. The Morgan fingerprint density at radius 1 is 1.47 bits per heavy atom. The number of carbonyl (C=O) groups is 2. The van der Waals surface area contributed by atoms with Gasteiger partial charge in [-0.2, -0.15) is 5.10 Å². The number of amides is 1. The normalized spacial score (nSPS) is 11.2. The van der Waals surface area contributed by atoms with Crippen LogP contribution < -0.4 is 10.5 Å². The number of nitrogens with zero attached hydrogens (tertiary/aromatic N) is 2. The summed E-state index contributed by atoms with van der Waals surface area (Å²) >= 11 is 0. The van der Waals surface area contributed by atoms with Crippen molar-refractivity contribution in [2.75, 3.05) is 10.5 Å². The van der Waals surface area contributed by atoms with Gasteiger partial charge in [-0.05, 0) is 6.42 Å². The van der Waals surface area contributed by atoms with Crippen molar-refractivity contribution in [2.24, 2.45) is 5.73 Å². The highest BCUT2D eigenvalue weighted by atomic mass is 32.2. The number of sulfonamides is 1. The molecule has 0 saturated heterocycles. The summed E-state index contributed by atoms with van der Waals surface area (Å²) in [5.41, 5.74) is 5.15. The Morgan fingerprint density at radius 3 is 2.74 bits per heavy atom. The first kappa shape index (κ1) is 15.0. The molecule has 10 heteroatoms. The van der Waals surface area contributed by atoms with Gasteiger partial charge in [-0.1, -0.05) is 0 Å². The lowest BCUT2D eigenvalue weighted by Gasteiger charge is -2.04. The van der Waals surface area contributed by atoms with Gasteiger partial charge in [0.15, 0.2) is 0 Å². The topological polar surface area (TPSA) is 144 Å². The summed E-state index contributed by atoms with van der Waals surface area (Å²) in [6.45, 7) is -0.152. The Hall–Kier alpha value is -2.10. The van der Waals surface area contributed by atoms with E-state index >= 15 is 0 Å². The summed E-state index contributed by atoms with van der Waals surface area (Å²) in [5, 5.41) is 12.2. The summed E-state index contributed by atoms with van der Waals surface area (Å²) in [6, 6.07) is 0. The highest BCUT2D eigenvalue weighted by Gasteiger charge is 2.12.